The molecule has 230 valence electrons. The Morgan fingerprint density at radius 1 is 0.780 bits per heavy atom. The first-order valence-corrected chi connectivity index (χ1v) is 16.9. The van der Waals surface area contributed by atoms with Crippen molar-refractivity contribution in [3.8, 4) is 5.88 Å². The molecule has 41 heavy (non-hydrogen) atoms. The maximum Gasteiger partial charge on any atom is 0.316 e. The maximum atomic E-state index is 12.5. The van der Waals surface area contributed by atoms with Gasteiger partial charge in [-0.05, 0) is 39.0 Å². The highest BCUT2D eigenvalue weighted by Gasteiger charge is 2.19. The minimum Gasteiger partial charge on any atom is -0.465 e. The maximum absolute atomic E-state index is 12.5. The van der Waals surface area contributed by atoms with Crippen LogP contribution in [0.4, 0.5) is 0 Å². The molecule has 2 aromatic heterocycles. The van der Waals surface area contributed by atoms with Gasteiger partial charge in [0, 0.05) is 13.5 Å². The van der Waals surface area contributed by atoms with Crippen LogP contribution in [-0.2, 0) is 21.4 Å². The van der Waals surface area contributed by atoms with Gasteiger partial charge >= 0.3 is 11.9 Å². The Hall–Kier alpha value is -2.42. The number of unbranched alkanes of at least 4 members (excludes halogenated alkanes) is 15. The van der Waals surface area contributed by atoms with Gasteiger partial charge in [-0.15, -0.1) is 0 Å². The normalized spacial score (nSPS) is 11.5. The van der Waals surface area contributed by atoms with Crippen molar-refractivity contribution in [3.05, 3.63) is 18.5 Å². The first-order chi connectivity index (χ1) is 20.1. The summed E-state index contributed by atoms with van der Waals surface area (Å²) < 4.78 is 12.1. The van der Waals surface area contributed by atoms with Crippen molar-refractivity contribution >= 4 is 34.7 Å². The highest BCUT2D eigenvalue weighted by molar-refractivity contribution is 8.00. The molecular weight excluding hydrogens is 536 g/mol. The number of fused-ring (bicyclic) bond motifs is 1. The van der Waals surface area contributed by atoms with Crippen molar-refractivity contribution in [1.82, 2.24) is 19.7 Å². The van der Waals surface area contributed by atoms with E-state index in [1.165, 1.54) is 113 Å². The molecule has 0 amide bonds. The molecule has 0 saturated heterocycles. The molecule has 2 heterocycles. The third kappa shape index (κ3) is 14.9. The Balaban J connectivity index is 1.51. The van der Waals surface area contributed by atoms with Gasteiger partial charge in [0.1, 0.15) is 16.9 Å². The van der Waals surface area contributed by atoms with Gasteiger partial charge < -0.3 is 9.47 Å². The van der Waals surface area contributed by atoms with E-state index in [1.807, 2.05) is 0 Å². The number of carbonyl (C=O) groups is 2. The summed E-state index contributed by atoms with van der Waals surface area (Å²) in [6.45, 7) is 4.37. The Bertz CT molecular complexity index is 1040. The number of rotatable bonds is 24. The molecule has 0 aliphatic heterocycles. The lowest BCUT2D eigenvalue weighted by atomic mass is 10.1. The van der Waals surface area contributed by atoms with Crippen LogP contribution >= 0.6 is 11.8 Å². The SMILES string of the molecule is CCCCCCCC/C=C\CCCCCCCCCCCC(=O)Oc1c2ncnc(SCC(=O)OCC)c2nn1C. The summed E-state index contributed by atoms with van der Waals surface area (Å²) in [6.07, 6.45) is 28.0. The molecule has 9 heteroatoms. The van der Waals surface area contributed by atoms with E-state index in [1.54, 1.807) is 14.0 Å². The smallest absolute Gasteiger partial charge is 0.316 e. The highest BCUT2D eigenvalue weighted by atomic mass is 32.2. The van der Waals surface area contributed by atoms with Gasteiger partial charge in [-0.1, -0.05) is 108 Å². The van der Waals surface area contributed by atoms with E-state index < -0.39 is 0 Å². The second-order valence-electron chi connectivity index (χ2n) is 10.6. The Morgan fingerprint density at radius 3 is 1.98 bits per heavy atom. The molecule has 0 unspecified atom stereocenters. The van der Waals surface area contributed by atoms with Crippen molar-refractivity contribution in [1.29, 1.82) is 0 Å². The molecular formula is C32H52N4O4S. The molecule has 0 atom stereocenters. The molecule has 2 aromatic rings. The fraction of sp³-hybridized carbons (Fsp3) is 0.719. The van der Waals surface area contributed by atoms with Crippen LogP contribution in [0.3, 0.4) is 0 Å². The third-order valence-corrected chi connectivity index (χ3v) is 7.97. The Kier molecular flexibility index (Phi) is 18.8. The topological polar surface area (TPSA) is 96.2 Å². The summed E-state index contributed by atoms with van der Waals surface area (Å²) in [7, 11) is 1.71. The molecule has 8 nitrogen and oxygen atoms in total. The third-order valence-electron chi connectivity index (χ3n) is 7.02. The monoisotopic (exact) mass is 588 g/mol. The number of esters is 2. The number of allylic oxidation sites excluding steroid dienone is 2. The van der Waals surface area contributed by atoms with Crippen molar-refractivity contribution in [2.75, 3.05) is 12.4 Å². The van der Waals surface area contributed by atoms with Crippen molar-refractivity contribution in [2.24, 2.45) is 7.05 Å². The highest BCUT2D eigenvalue weighted by Crippen LogP contribution is 2.29. The summed E-state index contributed by atoms with van der Waals surface area (Å²) in [5, 5.41) is 4.97. The van der Waals surface area contributed by atoms with Gasteiger partial charge in [0.15, 0.2) is 5.52 Å². The molecule has 0 fully saturated rings. The number of hydrogen-bond donors (Lipinski definition) is 0. The van der Waals surface area contributed by atoms with Crippen LogP contribution in [0.15, 0.2) is 23.5 Å². The van der Waals surface area contributed by atoms with Gasteiger partial charge in [0.2, 0.25) is 5.88 Å². The second-order valence-corrected chi connectivity index (χ2v) is 11.6. The number of aryl methyl sites for hydroxylation is 1. The lowest BCUT2D eigenvalue weighted by Gasteiger charge is -2.05. The van der Waals surface area contributed by atoms with Crippen LogP contribution in [-0.4, -0.2) is 44.0 Å². The predicted molar refractivity (Wildman–Crippen MR) is 167 cm³/mol. The second kappa shape index (κ2) is 22.2. The summed E-state index contributed by atoms with van der Waals surface area (Å²) in [4.78, 5) is 32.7. The first-order valence-electron chi connectivity index (χ1n) is 15.9. The van der Waals surface area contributed by atoms with Gasteiger partial charge in [-0.25, -0.2) is 14.6 Å². The molecule has 0 aliphatic rings. The zero-order valence-corrected chi connectivity index (χ0v) is 26.5. The number of aromatic nitrogens is 4. The van der Waals surface area contributed by atoms with E-state index in [4.69, 9.17) is 9.47 Å². The summed E-state index contributed by atoms with van der Waals surface area (Å²) >= 11 is 1.23. The molecule has 0 bridgehead atoms. The van der Waals surface area contributed by atoms with Gasteiger partial charge in [-0.3, -0.25) is 9.59 Å². The zero-order valence-electron chi connectivity index (χ0n) is 25.7. The molecule has 0 N–H and O–H groups in total. The van der Waals surface area contributed by atoms with Crippen LogP contribution in [0, 0.1) is 0 Å². The molecule has 0 radical (unpaired) electrons. The minimum absolute atomic E-state index is 0.128. The standard InChI is InChI=1S/C32H52N4O4S/c1-4-6-7-8-9-10-11-12-13-14-15-16-17-18-19-20-21-22-23-24-27(37)40-32-30-29(35-36(32)3)31(34-26-33-30)41-25-28(38)39-5-2/h12-13,26H,4-11,14-25H2,1-3H3/b13-12-. The van der Waals surface area contributed by atoms with E-state index in [9.17, 15) is 9.59 Å². The average Bonchev–Trinajstić information content (AvgIpc) is 3.28. The minimum atomic E-state index is -0.316. The van der Waals surface area contributed by atoms with Crippen LogP contribution in [0.1, 0.15) is 129 Å². The van der Waals surface area contributed by atoms with Crippen molar-refractivity contribution in [2.45, 2.75) is 134 Å². The Morgan fingerprint density at radius 2 is 1.37 bits per heavy atom. The van der Waals surface area contributed by atoms with Crippen molar-refractivity contribution in [3.63, 3.8) is 0 Å². The zero-order chi connectivity index (χ0) is 29.5. The van der Waals surface area contributed by atoms with E-state index in [0.717, 1.165) is 19.3 Å². The van der Waals surface area contributed by atoms with Crippen LogP contribution in [0.25, 0.3) is 11.0 Å². The van der Waals surface area contributed by atoms with E-state index >= 15 is 0 Å². The van der Waals surface area contributed by atoms with Crippen LogP contribution in [0.5, 0.6) is 5.88 Å². The molecule has 0 spiro atoms. The number of nitrogens with zero attached hydrogens (tertiary/aromatic N) is 4. The first kappa shape index (κ1) is 34.8. The fourth-order valence-electron chi connectivity index (χ4n) is 4.71. The van der Waals surface area contributed by atoms with E-state index in [2.05, 4.69) is 34.1 Å². The van der Waals surface area contributed by atoms with Gasteiger partial charge in [0.05, 0.1) is 12.4 Å². The van der Waals surface area contributed by atoms with Crippen LogP contribution in [0.2, 0.25) is 0 Å². The average molecular weight is 589 g/mol. The van der Waals surface area contributed by atoms with Crippen LogP contribution < -0.4 is 4.74 Å². The number of carbonyl (C=O) groups excluding carboxylic acids is 2. The number of ether oxygens (including phenoxy) is 2. The summed E-state index contributed by atoms with van der Waals surface area (Å²) in [5.74, 6) is -0.166. The summed E-state index contributed by atoms with van der Waals surface area (Å²) in [5.41, 5.74) is 0.971. The number of hydrogen-bond acceptors (Lipinski definition) is 8. The molecule has 0 aromatic carbocycles. The van der Waals surface area contributed by atoms with E-state index in [0.29, 0.717) is 35.0 Å². The largest absolute Gasteiger partial charge is 0.465 e. The predicted octanol–water partition coefficient (Wildman–Crippen LogP) is 8.52. The number of thioether (sulfide) groups is 1. The van der Waals surface area contributed by atoms with Gasteiger partial charge in [-0.2, -0.15) is 5.10 Å². The van der Waals surface area contributed by atoms with Gasteiger partial charge in [0.25, 0.3) is 0 Å². The lowest BCUT2D eigenvalue weighted by Crippen LogP contribution is -2.10. The van der Waals surface area contributed by atoms with Crippen molar-refractivity contribution < 1.29 is 19.1 Å². The molecule has 2 rings (SSSR count). The summed E-state index contributed by atoms with van der Waals surface area (Å²) in [6, 6.07) is 0. The van der Waals surface area contributed by atoms with E-state index in [-0.39, 0.29) is 17.7 Å². The quantitative estimate of drug-likeness (QED) is 0.0396. The molecule has 0 saturated carbocycles. The Labute approximate surface area is 251 Å². The lowest BCUT2D eigenvalue weighted by molar-refractivity contribution is -0.140. The molecule has 0 aliphatic carbocycles. The fourth-order valence-corrected chi connectivity index (χ4v) is 5.45.